The number of rotatable bonds is 8. The van der Waals surface area contributed by atoms with Crippen LogP contribution < -0.4 is 15.5 Å². The van der Waals surface area contributed by atoms with Crippen LogP contribution in [0.25, 0.3) is 0 Å². The third kappa shape index (κ3) is 5.28. The average Bonchev–Trinajstić information content (AvgIpc) is 3.17. The van der Waals surface area contributed by atoms with E-state index in [1.807, 2.05) is 36.7 Å². The molecule has 2 N–H and O–H groups in total. The van der Waals surface area contributed by atoms with Gasteiger partial charge in [0, 0.05) is 44.1 Å². The minimum absolute atomic E-state index is 0.0978. The number of aromatic nitrogens is 5. The maximum atomic E-state index is 4.76. The SMILES string of the molecule is CC(C)Nc1nc(NC(C)C)nc(N2CCN(Cc3ccccn3)[C@@H]2c2ccccn2)n1. The summed E-state index contributed by atoms with van der Waals surface area (Å²) in [7, 11) is 0. The van der Waals surface area contributed by atoms with E-state index in [1.54, 1.807) is 0 Å². The number of nitrogens with zero attached hydrogens (tertiary/aromatic N) is 7. The minimum atomic E-state index is -0.0978. The van der Waals surface area contributed by atoms with Crippen molar-refractivity contribution in [3.8, 4) is 0 Å². The predicted octanol–water partition coefficient (Wildman–Crippen LogP) is 3.32. The molecular formula is C23H31N9. The normalized spacial score (nSPS) is 16.7. The van der Waals surface area contributed by atoms with Crippen LogP contribution in [0.3, 0.4) is 0 Å². The molecule has 0 saturated carbocycles. The molecule has 1 aliphatic heterocycles. The lowest BCUT2D eigenvalue weighted by Crippen LogP contribution is -2.33. The van der Waals surface area contributed by atoms with Crippen molar-refractivity contribution in [1.29, 1.82) is 0 Å². The van der Waals surface area contributed by atoms with Gasteiger partial charge in [-0.25, -0.2) is 0 Å². The summed E-state index contributed by atoms with van der Waals surface area (Å²) in [4.78, 5) is 27.8. The molecule has 3 aromatic heterocycles. The molecule has 9 nitrogen and oxygen atoms in total. The van der Waals surface area contributed by atoms with Gasteiger partial charge in [0.25, 0.3) is 0 Å². The van der Waals surface area contributed by atoms with Gasteiger partial charge in [0.05, 0.1) is 11.4 Å². The largest absolute Gasteiger partial charge is 0.352 e. The van der Waals surface area contributed by atoms with Crippen LogP contribution in [-0.2, 0) is 6.54 Å². The van der Waals surface area contributed by atoms with Gasteiger partial charge < -0.3 is 15.5 Å². The van der Waals surface area contributed by atoms with Crippen LogP contribution in [0.5, 0.6) is 0 Å². The van der Waals surface area contributed by atoms with Gasteiger partial charge >= 0.3 is 0 Å². The van der Waals surface area contributed by atoms with Crippen LogP contribution in [0.1, 0.15) is 45.2 Å². The van der Waals surface area contributed by atoms with E-state index >= 15 is 0 Å². The van der Waals surface area contributed by atoms with Crippen molar-refractivity contribution in [2.45, 2.75) is 52.5 Å². The molecule has 1 aliphatic rings. The molecule has 1 saturated heterocycles. The van der Waals surface area contributed by atoms with E-state index < -0.39 is 0 Å². The fraction of sp³-hybridized carbons (Fsp3) is 0.435. The van der Waals surface area contributed by atoms with Crippen molar-refractivity contribution in [2.75, 3.05) is 28.6 Å². The van der Waals surface area contributed by atoms with Crippen molar-refractivity contribution in [2.24, 2.45) is 0 Å². The molecule has 3 aromatic rings. The Hall–Kier alpha value is -3.33. The Morgan fingerprint density at radius 2 is 1.50 bits per heavy atom. The van der Waals surface area contributed by atoms with Gasteiger partial charge in [-0.1, -0.05) is 12.1 Å². The summed E-state index contributed by atoms with van der Waals surface area (Å²) in [6.07, 6.45) is 3.56. The third-order valence-corrected chi connectivity index (χ3v) is 5.03. The summed E-state index contributed by atoms with van der Waals surface area (Å²) in [6, 6.07) is 12.4. The molecule has 4 rings (SSSR count). The van der Waals surface area contributed by atoms with E-state index in [-0.39, 0.29) is 18.2 Å². The van der Waals surface area contributed by atoms with E-state index in [0.717, 1.165) is 31.0 Å². The summed E-state index contributed by atoms with van der Waals surface area (Å²) >= 11 is 0. The van der Waals surface area contributed by atoms with Gasteiger partial charge in [0.2, 0.25) is 17.8 Å². The smallest absolute Gasteiger partial charge is 0.233 e. The average molecular weight is 434 g/mol. The first kappa shape index (κ1) is 21.9. The molecular weight excluding hydrogens is 402 g/mol. The van der Waals surface area contributed by atoms with Crippen LogP contribution in [-0.4, -0.2) is 55.0 Å². The zero-order chi connectivity index (χ0) is 22.5. The second-order valence-corrected chi connectivity index (χ2v) is 8.49. The Kier molecular flexibility index (Phi) is 6.75. The Bertz CT molecular complexity index is 967. The number of pyridine rings is 2. The van der Waals surface area contributed by atoms with Crippen LogP contribution in [0, 0.1) is 0 Å². The highest BCUT2D eigenvalue weighted by molar-refractivity contribution is 5.46. The molecule has 4 heterocycles. The summed E-state index contributed by atoms with van der Waals surface area (Å²) in [6.45, 7) is 10.6. The quantitative estimate of drug-likeness (QED) is 0.554. The molecule has 0 aliphatic carbocycles. The predicted molar refractivity (Wildman–Crippen MR) is 126 cm³/mol. The van der Waals surface area contributed by atoms with Crippen LogP contribution in [0.15, 0.2) is 48.8 Å². The molecule has 9 heteroatoms. The highest BCUT2D eigenvalue weighted by Gasteiger charge is 2.36. The van der Waals surface area contributed by atoms with E-state index in [9.17, 15) is 0 Å². The third-order valence-electron chi connectivity index (χ3n) is 5.03. The summed E-state index contributed by atoms with van der Waals surface area (Å²) in [5, 5.41) is 6.64. The lowest BCUT2D eigenvalue weighted by molar-refractivity contribution is 0.242. The minimum Gasteiger partial charge on any atom is -0.352 e. The van der Waals surface area contributed by atoms with Crippen molar-refractivity contribution >= 4 is 17.8 Å². The van der Waals surface area contributed by atoms with Gasteiger partial charge in [0.15, 0.2) is 0 Å². The van der Waals surface area contributed by atoms with Gasteiger partial charge in [-0.3, -0.25) is 14.9 Å². The number of anilines is 3. The first-order valence-electron chi connectivity index (χ1n) is 11.1. The lowest BCUT2D eigenvalue weighted by Gasteiger charge is -2.30. The van der Waals surface area contributed by atoms with Gasteiger partial charge in [-0.15, -0.1) is 0 Å². The van der Waals surface area contributed by atoms with E-state index in [2.05, 4.69) is 75.2 Å². The number of hydrogen-bond donors (Lipinski definition) is 2. The zero-order valence-electron chi connectivity index (χ0n) is 19.1. The highest BCUT2D eigenvalue weighted by atomic mass is 15.5. The fourth-order valence-electron chi connectivity index (χ4n) is 3.77. The second-order valence-electron chi connectivity index (χ2n) is 8.49. The van der Waals surface area contributed by atoms with E-state index in [1.165, 1.54) is 0 Å². The molecule has 0 unspecified atom stereocenters. The Labute approximate surface area is 189 Å². The molecule has 0 radical (unpaired) electrons. The lowest BCUT2D eigenvalue weighted by atomic mass is 10.2. The summed E-state index contributed by atoms with van der Waals surface area (Å²) in [5.74, 6) is 1.76. The maximum Gasteiger partial charge on any atom is 0.233 e. The molecule has 0 aromatic carbocycles. The van der Waals surface area contributed by atoms with Crippen molar-refractivity contribution in [3.05, 3.63) is 60.2 Å². The van der Waals surface area contributed by atoms with Gasteiger partial charge in [-0.2, -0.15) is 15.0 Å². The Balaban J connectivity index is 1.70. The van der Waals surface area contributed by atoms with Crippen molar-refractivity contribution in [3.63, 3.8) is 0 Å². The van der Waals surface area contributed by atoms with Crippen molar-refractivity contribution in [1.82, 2.24) is 29.8 Å². The zero-order valence-corrected chi connectivity index (χ0v) is 19.1. The maximum absolute atomic E-state index is 4.76. The van der Waals surface area contributed by atoms with Gasteiger partial charge in [-0.05, 0) is 52.0 Å². The van der Waals surface area contributed by atoms with E-state index in [4.69, 9.17) is 9.97 Å². The van der Waals surface area contributed by atoms with Crippen LogP contribution in [0.4, 0.5) is 17.8 Å². The molecule has 168 valence electrons. The van der Waals surface area contributed by atoms with Crippen LogP contribution >= 0.6 is 0 Å². The first-order chi connectivity index (χ1) is 15.5. The highest BCUT2D eigenvalue weighted by Crippen LogP contribution is 2.33. The van der Waals surface area contributed by atoms with Crippen LogP contribution in [0.2, 0.25) is 0 Å². The monoisotopic (exact) mass is 433 g/mol. The molecule has 0 amide bonds. The molecule has 1 atom stereocenters. The second kappa shape index (κ2) is 9.86. The molecule has 0 bridgehead atoms. The first-order valence-corrected chi connectivity index (χ1v) is 11.1. The number of hydrogen-bond acceptors (Lipinski definition) is 9. The van der Waals surface area contributed by atoms with Gasteiger partial charge in [0.1, 0.15) is 6.17 Å². The van der Waals surface area contributed by atoms with E-state index in [0.29, 0.717) is 17.8 Å². The molecule has 1 fully saturated rings. The molecule has 0 spiro atoms. The summed E-state index contributed by atoms with van der Waals surface area (Å²) in [5.41, 5.74) is 1.98. The topological polar surface area (TPSA) is 95.0 Å². The van der Waals surface area contributed by atoms with Crippen molar-refractivity contribution < 1.29 is 0 Å². The fourth-order valence-corrected chi connectivity index (χ4v) is 3.77. The Morgan fingerprint density at radius 1 is 0.844 bits per heavy atom. The molecule has 32 heavy (non-hydrogen) atoms. The number of nitrogens with one attached hydrogen (secondary N) is 2. The standard InChI is InChI=1S/C23H31N9/c1-16(2)26-21-28-22(27-17(3)4)30-23(29-21)32-14-13-31(15-18-9-5-7-11-24-18)20(32)19-10-6-8-12-25-19/h5-12,16-17,20H,13-15H2,1-4H3,(H2,26,27,28,29,30)/t20-/m0/s1. The Morgan fingerprint density at radius 3 is 2.06 bits per heavy atom. The summed E-state index contributed by atoms with van der Waals surface area (Å²) < 4.78 is 0.